The Balaban J connectivity index is 1.98. The van der Waals surface area contributed by atoms with E-state index in [0.29, 0.717) is 12.3 Å². The van der Waals surface area contributed by atoms with E-state index in [2.05, 4.69) is 5.43 Å². The van der Waals surface area contributed by atoms with Crippen molar-refractivity contribution >= 4 is 0 Å². The van der Waals surface area contributed by atoms with Crippen LogP contribution in [0.25, 0.3) is 0 Å². The van der Waals surface area contributed by atoms with E-state index in [9.17, 15) is 5.11 Å². The van der Waals surface area contributed by atoms with Gasteiger partial charge in [-0.3, -0.25) is 4.68 Å². The molecule has 3 heteroatoms. The lowest BCUT2D eigenvalue weighted by molar-refractivity contribution is 0.474. The molecule has 2 rings (SSSR count). The summed E-state index contributed by atoms with van der Waals surface area (Å²) in [6, 6.07) is 11.1. The summed E-state index contributed by atoms with van der Waals surface area (Å²) >= 11 is 0. The predicted molar refractivity (Wildman–Crippen MR) is 55.6 cm³/mol. The van der Waals surface area contributed by atoms with Crippen LogP contribution in [0.2, 0.25) is 0 Å². The standard InChI is InChI=1S/C11H12N2O/c14-11-5-3-4-10(8-11)9-12-13-6-1-2-7-13/h1-8,12,14H,9H2. The number of hydrogen-bond donors (Lipinski definition) is 2. The average molecular weight is 188 g/mol. The molecule has 72 valence electrons. The Morgan fingerprint density at radius 1 is 1.14 bits per heavy atom. The number of nitrogens with zero attached hydrogens (tertiary/aromatic N) is 1. The zero-order valence-corrected chi connectivity index (χ0v) is 7.72. The highest BCUT2D eigenvalue weighted by molar-refractivity contribution is 5.27. The molecular weight excluding hydrogens is 176 g/mol. The largest absolute Gasteiger partial charge is 0.508 e. The topological polar surface area (TPSA) is 37.2 Å². The molecule has 1 aromatic carbocycles. The van der Waals surface area contributed by atoms with Crippen LogP contribution in [-0.2, 0) is 6.54 Å². The molecule has 0 bridgehead atoms. The highest BCUT2D eigenvalue weighted by Crippen LogP contribution is 2.10. The van der Waals surface area contributed by atoms with E-state index in [1.165, 1.54) is 0 Å². The number of phenols is 1. The van der Waals surface area contributed by atoms with Gasteiger partial charge in [0.05, 0.1) is 6.54 Å². The summed E-state index contributed by atoms with van der Waals surface area (Å²) in [6.07, 6.45) is 3.87. The predicted octanol–water partition coefficient (Wildman–Crippen LogP) is 1.94. The van der Waals surface area contributed by atoms with E-state index in [-0.39, 0.29) is 0 Å². The first-order valence-electron chi connectivity index (χ1n) is 4.49. The van der Waals surface area contributed by atoms with Crippen molar-refractivity contribution in [3.05, 3.63) is 54.4 Å². The van der Waals surface area contributed by atoms with Crippen molar-refractivity contribution in [1.82, 2.24) is 4.68 Å². The van der Waals surface area contributed by atoms with E-state index in [4.69, 9.17) is 0 Å². The third kappa shape index (κ3) is 2.07. The fourth-order valence-corrected chi connectivity index (χ4v) is 1.29. The molecule has 2 N–H and O–H groups in total. The molecule has 0 atom stereocenters. The highest BCUT2D eigenvalue weighted by atomic mass is 16.3. The Kier molecular flexibility index (Phi) is 2.40. The second-order valence-electron chi connectivity index (χ2n) is 3.10. The molecule has 0 fully saturated rings. The number of phenolic OH excluding ortho intramolecular Hbond substituents is 1. The Bertz CT molecular complexity index is 395. The molecule has 0 saturated carbocycles. The van der Waals surface area contributed by atoms with E-state index in [0.717, 1.165) is 5.56 Å². The van der Waals surface area contributed by atoms with Gasteiger partial charge in [0, 0.05) is 12.4 Å². The number of aromatic nitrogens is 1. The van der Waals surface area contributed by atoms with Crippen LogP contribution in [0.15, 0.2) is 48.8 Å². The van der Waals surface area contributed by atoms with E-state index in [1.54, 1.807) is 12.1 Å². The van der Waals surface area contributed by atoms with Gasteiger partial charge in [-0.25, -0.2) is 0 Å². The number of aromatic hydroxyl groups is 1. The Hall–Kier alpha value is -1.90. The average Bonchev–Trinajstić information content (AvgIpc) is 2.67. The first kappa shape index (κ1) is 8.69. The quantitative estimate of drug-likeness (QED) is 0.772. The van der Waals surface area contributed by atoms with Crippen LogP contribution in [0.4, 0.5) is 0 Å². The van der Waals surface area contributed by atoms with Gasteiger partial charge in [0.15, 0.2) is 0 Å². The van der Waals surface area contributed by atoms with Gasteiger partial charge in [-0.15, -0.1) is 0 Å². The summed E-state index contributed by atoms with van der Waals surface area (Å²) in [5.74, 6) is 0.303. The molecule has 0 amide bonds. The molecule has 0 radical (unpaired) electrons. The van der Waals surface area contributed by atoms with Crippen LogP contribution < -0.4 is 5.43 Å². The normalized spacial score (nSPS) is 10.0. The molecule has 0 aliphatic heterocycles. The van der Waals surface area contributed by atoms with Gasteiger partial charge in [-0.2, -0.15) is 0 Å². The maximum Gasteiger partial charge on any atom is 0.115 e. The number of benzene rings is 1. The van der Waals surface area contributed by atoms with Gasteiger partial charge in [-0.1, -0.05) is 12.1 Å². The molecule has 0 saturated heterocycles. The molecule has 3 nitrogen and oxygen atoms in total. The highest BCUT2D eigenvalue weighted by Gasteiger charge is 1.93. The van der Waals surface area contributed by atoms with Crippen molar-refractivity contribution in [3.63, 3.8) is 0 Å². The van der Waals surface area contributed by atoms with Gasteiger partial charge >= 0.3 is 0 Å². The smallest absolute Gasteiger partial charge is 0.115 e. The van der Waals surface area contributed by atoms with Gasteiger partial charge in [0.2, 0.25) is 0 Å². The number of hydrogen-bond acceptors (Lipinski definition) is 2. The SMILES string of the molecule is Oc1cccc(CNn2cccc2)c1. The van der Waals surface area contributed by atoms with Crippen LogP contribution in [0, 0.1) is 0 Å². The van der Waals surface area contributed by atoms with Gasteiger partial charge in [-0.05, 0) is 29.8 Å². The maximum absolute atomic E-state index is 9.24. The summed E-state index contributed by atoms with van der Waals surface area (Å²) in [5, 5.41) is 9.24. The third-order valence-electron chi connectivity index (χ3n) is 1.98. The maximum atomic E-state index is 9.24. The van der Waals surface area contributed by atoms with Crippen molar-refractivity contribution in [1.29, 1.82) is 0 Å². The molecule has 2 aromatic rings. The second kappa shape index (κ2) is 3.87. The van der Waals surface area contributed by atoms with Gasteiger partial charge in [0.1, 0.15) is 5.75 Å². The van der Waals surface area contributed by atoms with E-state index >= 15 is 0 Å². The van der Waals surface area contributed by atoms with Crippen molar-refractivity contribution < 1.29 is 5.11 Å². The molecule has 1 aromatic heterocycles. The van der Waals surface area contributed by atoms with Crippen molar-refractivity contribution in [2.24, 2.45) is 0 Å². The van der Waals surface area contributed by atoms with Crippen LogP contribution in [0.3, 0.4) is 0 Å². The summed E-state index contributed by atoms with van der Waals surface area (Å²) in [4.78, 5) is 0. The third-order valence-corrected chi connectivity index (χ3v) is 1.98. The minimum Gasteiger partial charge on any atom is -0.508 e. The summed E-state index contributed by atoms with van der Waals surface area (Å²) in [7, 11) is 0. The summed E-state index contributed by atoms with van der Waals surface area (Å²) < 4.78 is 1.88. The summed E-state index contributed by atoms with van der Waals surface area (Å²) in [5.41, 5.74) is 4.23. The Labute approximate surface area is 82.6 Å². The summed E-state index contributed by atoms with van der Waals surface area (Å²) in [6.45, 7) is 0.697. The number of nitrogens with one attached hydrogen (secondary N) is 1. The van der Waals surface area contributed by atoms with E-state index in [1.807, 2.05) is 41.3 Å². The monoisotopic (exact) mass is 188 g/mol. The second-order valence-corrected chi connectivity index (χ2v) is 3.10. The van der Waals surface area contributed by atoms with Crippen molar-refractivity contribution in [2.75, 3.05) is 5.43 Å². The zero-order chi connectivity index (χ0) is 9.80. The van der Waals surface area contributed by atoms with Gasteiger partial charge in [0.25, 0.3) is 0 Å². The van der Waals surface area contributed by atoms with Crippen LogP contribution >= 0.6 is 0 Å². The molecule has 1 heterocycles. The zero-order valence-electron chi connectivity index (χ0n) is 7.72. The Morgan fingerprint density at radius 3 is 2.64 bits per heavy atom. The minimum atomic E-state index is 0.303. The molecule has 0 spiro atoms. The lowest BCUT2D eigenvalue weighted by Gasteiger charge is -2.07. The first-order valence-corrected chi connectivity index (χ1v) is 4.49. The lowest BCUT2D eigenvalue weighted by atomic mass is 10.2. The minimum absolute atomic E-state index is 0.303. The van der Waals surface area contributed by atoms with Crippen LogP contribution in [0.1, 0.15) is 5.56 Å². The van der Waals surface area contributed by atoms with Crippen molar-refractivity contribution in [2.45, 2.75) is 6.54 Å². The van der Waals surface area contributed by atoms with Crippen molar-refractivity contribution in [3.8, 4) is 5.75 Å². The Morgan fingerprint density at radius 2 is 1.93 bits per heavy atom. The molecular formula is C11H12N2O. The van der Waals surface area contributed by atoms with E-state index < -0.39 is 0 Å². The van der Waals surface area contributed by atoms with Crippen LogP contribution in [0.5, 0.6) is 5.75 Å². The molecule has 14 heavy (non-hydrogen) atoms. The fraction of sp³-hybridized carbons (Fsp3) is 0.0909. The molecule has 0 aliphatic rings. The lowest BCUT2D eigenvalue weighted by Crippen LogP contribution is -2.11. The molecule has 0 aliphatic carbocycles. The number of rotatable bonds is 3. The fourth-order valence-electron chi connectivity index (χ4n) is 1.29. The molecule has 0 unspecified atom stereocenters. The first-order chi connectivity index (χ1) is 6.84. The van der Waals surface area contributed by atoms with Crippen LogP contribution in [-0.4, -0.2) is 9.78 Å². The van der Waals surface area contributed by atoms with Gasteiger partial charge < -0.3 is 10.5 Å².